The summed E-state index contributed by atoms with van der Waals surface area (Å²) in [5.41, 5.74) is 1.74. The van der Waals surface area contributed by atoms with E-state index < -0.39 is 0 Å². The van der Waals surface area contributed by atoms with E-state index in [0.29, 0.717) is 22.2 Å². The van der Waals surface area contributed by atoms with Crippen LogP contribution in [0.15, 0.2) is 42.5 Å². The summed E-state index contributed by atoms with van der Waals surface area (Å²) in [5, 5.41) is 4.54. The first-order chi connectivity index (χ1) is 13.0. The number of carbonyl (C=O) groups excluding carboxylic acids is 1. The van der Waals surface area contributed by atoms with E-state index >= 15 is 0 Å². The smallest absolute Gasteiger partial charge is 0.251 e. The van der Waals surface area contributed by atoms with E-state index in [9.17, 15) is 4.79 Å². The van der Waals surface area contributed by atoms with Crippen LogP contribution < -0.4 is 10.2 Å². The molecule has 4 nitrogen and oxygen atoms in total. The topological polar surface area (TPSA) is 35.6 Å². The number of hydrogen-bond donors (Lipinski definition) is 1. The molecule has 0 saturated carbocycles. The van der Waals surface area contributed by atoms with Gasteiger partial charge in [0.15, 0.2) is 0 Å². The lowest BCUT2D eigenvalue weighted by atomic mass is 10.2. The van der Waals surface area contributed by atoms with Crippen LogP contribution >= 0.6 is 34.8 Å². The maximum atomic E-state index is 12.1. The zero-order valence-corrected chi connectivity index (χ0v) is 17.2. The molecule has 1 saturated heterocycles. The standard InChI is InChI=1S/C20H22Cl3N3O/c21-16-3-5-17(6-4-16)26-12-10-25(11-13-26)9-1-8-24-20(27)15-2-7-18(22)19(23)14-15/h2-7,14H,1,8-13H2,(H,24,27). The molecule has 3 rings (SSSR count). The first-order valence-corrected chi connectivity index (χ1v) is 10.1. The van der Waals surface area contributed by atoms with Crippen molar-refractivity contribution in [3.8, 4) is 0 Å². The highest BCUT2D eigenvalue weighted by Crippen LogP contribution is 2.22. The van der Waals surface area contributed by atoms with E-state index in [1.165, 1.54) is 5.69 Å². The second-order valence-electron chi connectivity index (χ2n) is 6.54. The van der Waals surface area contributed by atoms with Crippen LogP contribution in [0, 0.1) is 0 Å². The molecule has 2 aromatic carbocycles. The normalized spacial score (nSPS) is 15.0. The Balaban J connectivity index is 1.36. The molecule has 0 aromatic heterocycles. The fourth-order valence-corrected chi connectivity index (χ4v) is 3.55. The van der Waals surface area contributed by atoms with Crippen LogP contribution in [0.2, 0.25) is 15.1 Å². The van der Waals surface area contributed by atoms with Gasteiger partial charge in [-0.2, -0.15) is 0 Å². The number of halogens is 3. The van der Waals surface area contributed by atoms with E-state index in [-0.39, 0.29) is 5.91 Å². The van der Waals surface area contributed by atoms with E-state index in [2.05, 4.69) is 27.2 Å². The fraction of sp³-hybridized carbons (Fsp3) is 0.350. The van der Waals surface area contributed by atoms with Gasteiger partial charge in [-0.15, -0.1) is 0 Å². The van der Waals surface area contributed by atoms with Crippen molar-refractivity contribution in [1.82, 2.24) is 10.2 Å². The van der Waals surface area contributed by atoms with Crippen LogP contribution in [0.3, 0.4) is 0 Å². The fourth-order valence-electron chi connectivity index (χ4n) is 3.13. The van der Waals surface area contributed by atoms with Crippen molar-refractivity contribution >= 4 is 46.4 Å². The number of anilines is 1. The number of benzene rings is 2. The maximum Gasteiger partial charge on any atom is 0.251 e. The average molecular weight is 427 g/mol. The number of amides is 1. The van der Waals surface area contributed by atoms with Crippen molar-refractivity contribution in [3.63, 3.8) is 0 Å². The second-order valence-corrected chi connectivity index (χ2v) is 7.79. The van der Waals surface area contributed by atoms with Gasteiger partial charge in [-0.25, -0.2) is 0 Å². The van der Waals surface area contributed by atoms with Crippen molar-refractivity contribution in [2.75, 3.05) is 44.2 Å². The molecule has 0 unspecified atom stereocenters. The van der Waals surface area contributed by atoms with Crippen molar-refractivity contribution < 1.29 is 4.79 Å². The van der Waals surface area contributed by atoms with Gasteiger partial charge in [0.05, 0.1) is 10.0 Å². The minimum atomic E-state index is -0.124. The molecule has 7 heteroatoms. The molecule has 144 valence electrons. The predicted octanol–water partition coefficient (Wildman–Crippen LogP) is 4.59. The molecule has 1 amide bonds. The zero-order chi connectivity index (χ0) is 19.2. The first kappa shape index (κ1) is 20.3. The third-order valence-electron chi connectivity index (χ3n) is 4.68. The lowest BCUT2D eigenvalue weighted by Crippen LogP contribution is -2.47. The molecule has 2 aromatic rings. The van der Waals surface area contributed by atoms with Crippen LogP contribution in [-0.2, 0) is 0 Å². The molecule has 1 aliphatic heterocycles. The van der Waals surface area contributed by atoms with E-state index in [4.69, 9.17) is 34.8 Å². The molecular formula is C20H22Cl3N3O. The average Bonchev–Trinajstić information content (AvgIpc) is 2.68. The van der Waals surface area contributed by atoms with E-state index in [1.807, 2.05) is 12.1 Å². The Kier molecular flexibility index (Phi) is 7.25. The zero-order valence-electron chi connectivity index (χ0n) is 14.9. The quantitative estimate of drug-likeness (QED) is 0.686. The van der Waals surface area contributed by atoms with E-state index in [0.717, 1.165) is 44.2 Å². The van der Waals surface area contributed by atoms with Crippen LogP contribution in [0.5, 0.6) is 0 Å². The SMILES string of the molecule is O=C(NCCCN1CCN(c2ccc(Cl)cc2)CC1)c1ccc(Cl)c(Cl)c1. The highest BCUT2D eigenvalue weighted by Gasteiger charge is 2.17. The number of rotatable bonds is 6. The molecule has 1 heterocycles. The summed E-state index contributed by atoms with van der Waals surface area (Å²) in [7, 11) is 0. The predicted molar refractivity (Wildman–Crippen MR) is 114 cm³/mol. The molecule has 0 atom stereocenters. The van der Waals surface area contributed by atoms with Crippen LogP contribution in [-0.4, -0.2) is 50.1 Å². The Bertz CT molecular complexity index is 775. The Hall–Kier alpha value is -1.46. The highest BCUT2D eigenvalue weighted by atomic mass is 35.5. The molecular weight excluding hydrogens is 405 g/mol. The van der Waals surface area contributed by atoms with Gasteiger partial charge in [0.1, 0.15) is 0 Å². The van der Waals surface area contributed by atoms with Gasteiger partial charge in [-0.1, -0.05) is 34.8 Å². The summed E-state index contributed by atoms with van der Waals surface area (Å²) in [6, 6.07) is 12.9. The maximum absolute atomic E-state index is 12.1. The molecule has 0 radical (unpaired) electrons. The number of nitrogens with zero attached hydrogens (tertiary/aromatic N) is 2. The Morgan fingerprint density at radius 3 is 2.30 bits per heavy atom. The van der Waals surface area contributed by atoms with Crippen molar-refractivity contribution in [1.29, 1.82) is 0 Å². The summed E-state index contributed by atoms with van der Waals surface area (Å²) in [5.74, 6) is -0.124. The minimum Gasteiger partial charge on any atom is -0.369 e. The molecule has 0 bridgehead atoms. The van der Waals surface area contributed by atoms with Gasteiger partial charge in [0.2, 0.25) is 0 Å². The number of carbonyl (C=O) groups is 1. The third-order valence-corrected chi connectivity index (χ3v) is 5.67. The summed E-state index contributed by atoms with van der Waals surface area (Å²) in [6.45, 7) is 5.63. The van der Waals surface area contributed by atoms with Crippen LogP contribution in [0.4, 0.5) is 5.69 Å². The molecule has 1 N–H and O–H groups in total. The van der Waals surface area contributed by atoms with Gasteiger partial charge in [-0.3, -0.25) is 9.69 Å². The van der Waals surface area contributed by atoms with Crippen molar-refractivity contribution in [3.05, 3.63) is 63.1 Å². The number of piperazine rings is 1. The van der Waals surface area contributed by atoms with Crippen molar-refractivity contribution in [2.24, 2.45) is 0 Å². The second kappa shape index (κ2) is 9.65. The molecule has 0 aliphatic carbocycles. The van der Waals surface area contributed by atoms with E-state index in [1.54, 1.807) is 18.2 Å². The van der Waals surface area contributed by atoms with Crippen LogP contribution in [0.25, 0.3) is 0 Å². The largest absolute Gasteiger partial charge is 0.369 e. The minimum absolute atomic E-state index is 0.124. The lowest BCUT2D eigenvalue weighted by molar-refractivity contribution is 0.0951. The van der Waals surface area contributed by atoms with Gasteiger partial charge in [0.25, 0.3) is 5.91 Å². The summed E-state index contributed by atoms with van der Waals surface area (Å²) < 4.78 is 0. The van der Waals surface area contributed by atoms with Gasteiger partial charge < -0.3 is 10.2 Å². The van der Waals surface area contributed by atoms with Crippen LogP contribution in [0.1, 0.15) is 16.8 Å². The summed E-state index contributed by atoms with van der Waals surface area (Å²) in [6.07, 6.45) is 0.911. The molecule has 27 heavy (non-hydrogen) atoms. The van der Waals surface area contributed by atoms with Gasteiger partial charge in [-0.05, 0) is 55.4 Å². The number of nitrogens with one attached hydrogen (secondary N) is 1. The summed E-state index contributed by atoms with van der Waals surface area (Å²) >= 11 is 17.8. The Morgan fingerprint density at radius 2 is 1.63 bits per heavy atom. The summed E-state index contributed by atoms with van der Waals surface area (Å²) in [4.78, 5) is 16.9. The van der Waals surface area contributed by atoms with Gasteiger partial charge >= 0.3 is 0 Å². The van der Waals surface area contributed by atoms with Gasteiger partial charge in [0, 0.05) is 49.0 Å². The monoisotopic (exact) mass is 425 g/mol. The third kappa shape index (κ3) is 5.76. The molecule has 0 spiro atoms. The number of hydrogen-bond acceptors (Lipinski definition) is 3. The molecule has 1 aliphatic rings. The lowest BCUT2D eigenvalue weighted by Gasteiger charge is -2.36. The molecule has 1 fully saturated rings. The Labute approximate surface area is 175 Å². The first-order valence-electron chi connectivity index (χ1n) is 8.99. The highest BCUT2D eigenvalue weighted by molar-refractivity contribution is 6.42. The Morgan fingerprint density at radius 1 is 0.926 bits per heavy atom. The van der Waals surface area contributed by atoms with Crippen molar-refractivity contribution in [2.45, 2.75) is 6.42 Å².